The lowest BCUT2D eigenvalue weighted by molar-refractivity contribution is -0.134. The Labute approximate surface area is 239 Å². The minimum absolute atomic E-state index is 0.0341. The van der Waals surface area contributed by atoms with Crippen LogP contribution >= 0.6 is 34.5 Å². The Balaban J connectivity index is 1.26. The molecule has 2 aromatic rings. The zero-order valence-corrected chi connectivity index (χ0v) is 24.6. The van der Waals surface area contributed by atoms with Gasteiger partial charge in [-0.05, 0) is 48.6 Å². The van der Waals surface area contributed by atoms with Gasteiger partial charge in [-0.2, -0.15) is 0 Å². The molecule has 0 radical (unpaired) electrons. The number of morpholine rings is 1. The average Bonchev–Trinajstić information content (AvgIpc) is 3.29. The molecule has 38 heavy (non-hydrogen) atoms. The lowest BCUT2D eigenvalue weighted by Gasteiger charge is -2.53. The standard InChI is InChI=1S/C28H38Cl2N4O3S/c1-16(26(36)31-9-10-34-11-13-37-14-12-34)18-7-8-28(3)15-21-23(17(2)22(28)25(18)35)32-27(38-21)33-24-19(29)5-4-6-20(24)30/h4-6,16-18,22,25,35H,7-15H2,1-3H3,(H,31,36)(H,32,33). The molecule has 208 valence electrons. The van der Waals surface area contributed by atoms with E-state index >= 15 is 0 Å². The number of hydrogen-bond donors (Lipinski definition) is 3. The van der Waals surface area contributed by atoms with Crippen molar-refractivity contribution in [2.24, 2.45) is 23.2 Å². The van der Waals surface area contributed by atoms with Crippen molar-refractivity contribution in [3.63, 3.8) is 0 Å². The first-order chi connectivity index (χ1) is 18.2. The van der Waals surface area contributed by atoms with Gasteiger partial charge in [0.2, 0.25) is 5.91 Å². The Bertz CT molecular complexity index is 1140. The number of benzene rings is 1. The molecular weight excluding hydrogens is 543 g/mol. The Morgan fingerprint density at radius 2 is 2.03 bits per heavy atom. The Morgan fingerprint density at radius 3 is 2.74 bits per heavy atom. The predicted octanol–water partition coefficient (Wildman–Crippen LogP) is 5.33. The van der Waals surface area contributed by atoms with E-state index in [0.29, 0.717) is 22.3 Å². The van der Waals surface area contributed by atoms with Crippen LogP contribution in [-0.4, -0.2) is 66.4 Å². The van der Waals surface area contributed by atoms with E-state index < -0.39 is 6.10 Å². The number of halogens is 2. The highest BCUT2D eigenvalue weighted by atomic mass is 35.5. The van der Waals surface area contributed by atoms with Gasteiger partial charge < -0.3 is 20.5 Å². The Hall–Kier alpha value is -1.42. The first-order valence-corrected chi connectivity index (χ1v) is 15.2. The molecule has 1 amide bonds. The highest BCUT2D eigenvalue weighted by Gasteiger charge is 2.53. The second-order valence-corrected chi connectivity index (χ2v) is 13.3. The number of nitrogens with zero attached hydrogens (tertiary/aromatic N) is 2. The smallest absolute Gasteiger partial charge is 0.223 e. The van der Waals surface area contributed by atoms with Gasteiger partial charge in [-0.25, -0.2) is 4.98 Å². The van der Waals surface area contributed by atoms with Gasteiger partial charge in [-0.15, -0.1) is 11.3 Å². The summed E-state index contributed by atoms with van der Waals surface area (Å²) in [4.78, 5) is 21.6. The summed E-state index contributed by atoms with van der Waals surface area (Å²) < 4.78 is 5.40. The maximum atomic E-state index is 13.1. The summed E-state index contributed by atoms with van der Waals surface area (Å²) in [5, 5.41) is 20.0. The molecule has 1 saturated heterocycles. The fourth-order valence-electron chi connectivity index (χ4n) is 6.84. The minimum Gasteiger partial charge on any atom is -0.392 e. The molecule has 6 atom stereocenters. The summed E-state index contributed by atoms with van der Waals surface area (Å²) in [6.07, 6.45) is 2.13. The van der Waals surface area contributed by atoms with Gasteiger partial charge in [-0.1, -0.05) is 50.0 Å². The Morgan fingerprint density at radius 1 is 1.32 bits per heavy atom. The van der Waals surface area contributed by atoms with Crippen LogP contribution in [0, 0.1) is 23.2 Å². The second kappa shape index (κ2) is 11.6. The van der Waals surface area contributed by atoms with Crippen LogP contribution in [0.3, 0.4) is 0 Å². The van der Waals surface area contributed by atoms with Crippen LogP contribution in [0.1, 0.15) is 50.1 Å². The van der Waals surface area contributed by atoms with Gasteiger partial charge in [0.25, 0.3) is 0 Å². The first-order valence-electron chi connectivity index (χ1n) is 13.6. The van der Waals surface area contributed by atoms with Gasteiger partial charge in [0.1, 0.15) is 0 Å². The van der Waals surface area contributed by atoms with Crippen LogP contribution < -0.4 is 10.6 Å². The summed E-state index contributed by atoms with van der Waals surface area (Å²) >= 11 is 14.4. The van der Waals surface area contributed by atoms with E-state index in [1.165, 1.54) is 4.88 Å². The summed E-state index contributed by atoms with van der Waals surface area (Å²) in [5.74, 6) is -0.170. The quantitative estimate of drug-likeness (QED) is 0.410. The number of amides is 1. The number of hydrogen-bond acceptors (Lipinski definition) is 7. The zero-order valence-electron chi connectivity index (χ0n) is 22.3. The molecule has 3 aliphatic rings. The molecule has 1 aromatic heterocycles. The third kappa shape index (κ3) is 5.58. The van der Waals surface area contributed by atoms with E-state index in [1.54, 1.807) is 23.5 Å². The van der Waals surface area contributed by atoms with Crippen molar-refractivity contribution >= 4 is 51.3 Å². The number of anilines is 2. The maximum Gasteiger partial charge on any atom is 0.223 e. The number of fused-ring (bicyclic) bond motifs is 2. The monoisotopic (exact) mass is 580 g/mol. The summed E-state index contributed by atoms with van der Waals surface area (Å²) in [6, 6.07) is 5.43. The van der Waals surface area contributed by atoms with E-state index in [-0.39, 0.29) is 35.0 Å². The van der Waals surface area contributed by atoms with Gasteiger partial charge >= 0.3 is 0 Å². The van der Waals surface area contributed by atoms with Crippen molar-refractivity contribution in [2.75, 3.05) is 44.7 Å². The van der Waals surface area contributed by atoms with E-state index in [9.17, 15) is 9.90 Å². The second-order valence-electron chi connectivity index (χ2n) is 11.4. The minimum atomic E-state index is -0.562. The van der Waals surface area contributed by atoms with Crippen LogP contribution in [0.5, 0.6) is 0 Å². The van der Waals surface area contributed by atoms with Crippen LogP contribution in [0.25, 0.3) is 0 Å². The zero-order chi connectivity index (χ0) is 27.0. The number of ether oxygens (including phenoxy) is 1. The number of aromatic nitrogens is 1. The third-order valence-corrected chi connectivity index (χ3v) is 10.6. The summed E-state index contributed by atoms with van der Waals surface area (Å²) in [6.45, 7) is 11.2. The molecular formula is C28H38Cl2N4O3S. The van der Waals surface area contributed by atoms with Crippen molar-refractivity contribution < 1.29 is 14.6 Å². The summed E-state index contributed by atoms with van der Waals surface area (Å²) in [5.41, 5.74) is 1.65. The molecule has 5 rings (SSSR count). The predicted molar refractivity (Wildman–Crippen MR) is 154 cm³/mol. The number of para-hydroxylation sites is 1. The molecule has 2 heterocycles. The summed E-state index contributed by atoms with van der Waals surface area (Å²) in [7, 11) is 0. The molecule has 10 heteroatoms. The van der Waals surface area contributed by atoms with Gasteiger partial charge in [0.15, 0.2) is 5.13 Å². The van der Waals surface area contributed by atoms with E-state index in [2.05, 4.69) is 29.4 Å². The van der Waals surface area contributed by atoms with E-state index in [4.69, 9.17) is 32.9 Å². The van der Waals surface area contributed by atoms with Crippen LogP contribution in [0.15, 0.2) is 18.2 Å². The van der Waals surface area contributed by atoms with Crippen molar-refractivity contribution in [1.29, 1.82) is 0 Å². The number of carbonyl (C=O) groups is 1. The van der Waals surface area contributed by atoms with Gasteiger partial charge in [0.05, 0.1) is 40.7 Å². The van der Waals surface area contributed by atoms with Gasteiger partial charge in [0, 0.05) is 42.9 Å². The van der Waals surface area contributed by atoms with Crippen molar-refractivity contribution in [3.8, 4) is 0 Å². The number of nitrogens with one attached hydrogen (secondary N) is 2. The number of aliphatic hydroxyl groups excluding tert-OH is 1. The van der Waals surface area contributed by atoms with E-state index in [0.717, 1.165) is 62.9 Å². The molecule has 1 aromatic carbocycles. The van der Waals surface area contributed by atoms with E-state index in [1.807, 2.05) is 13.0 Å². The molecule has 2 fully saturated rings. The lowest BCUT2D eigenvalue weighted by atomic mass is 9.53. The highest BCUT2D eigenvalue weighted by molar-refractivity contribution is 7.15. The first kappa shape index (κ1) is 28.1. The molecule has 6 unspecified atom stereocenters. The van der Waals surface area contributed by atoms with Gasteiger partial charge in [-0.3, -0.25) is 9.69 Å². The van der Waals surface area contributed by atoms with Crippen LogP contribution in [0.2, 0.25) is 10.0 Å². The van der Waals surface area contributed by atoms with Crippen molar-refractivity contribution in [3.05, 3.63) is 38.8 Å². The molecule has 1 saturated carbocycles. The van der Waals surface area contributed by atoms with Crippen LogP contribution in [-0.2, 0) is 16.0 Å². The number of thiazole rings is 1. The molecule has 3 N–H and O–H groups in total. The molecule has 1 aliphatic heterocycles. The lowest BCUT2D eigenvalue weighted by Crippen LogP contribution is -2.53. The number of rotatable bonds is 7. The highest BCUT2D eigenvalue weighted by Crippen LogP contribution is 2.57. The fraction of sp³-hybridized carbons (Fsp3) is 0.643. The third-order valence-electron chi connectivity index (χ3n) is 9.00. The average molecular weight is 582 g/mol. The number of carbonyl (C=O) groups excluding carboxylic acids is 1. The SMILES string of the molecule is CC(C(=O)NCCN1CCOCC1)C1CCC2(C)Cc3sc(Nc4c(Cl)cccc4Cl)nc3C(C)C2C1O. The molecule has 7 nitrogen and oxygen atoms in total. The maximum absolute atomic E-state index is 13.1. The topological polar surface area (TPSA) is 86.7 Å². The fourth-order valence-corrected chi connectivity index (χ4v) is 8.60. The molecule has 0 spiro atoms. The number of aliphatic hydroxyl groups is 1. The Kier molecular flexibility index (Phi) is 8.58. The molecule has 2 aliphatic carbocycles. The van der Waals surface area contributed by atoms with Crippen molar-refractivity contribution in [2.45, 2.75) is 52.1 Å². The van der Waals surface area contributed by atoms with Crippen molar-refractivity contribution in [1.82, 2.24) is 15.2 Å². The molecule has 0 bridgehead atoms. The normalized spacial score (nSPS) is 30.3. The van der Waals surface area contributed by atoms with Crippen LogP contribution in [0.4, 0.5) is 10.8 Å². The largest absolute Gasteiger partial charge is 0.392 e.